The van der Waals surface area contributed by atoms with Gasteiger partial charge in [0.25, 0.3) is 0 Å². The second-order valence-electron chi connectivity index (χ2n) is 6.10. The van der Waals surface area contributed by atoms with Gasteiger partial charge in [0.2, 0.25) is 11.8 Å². The van der Waals surface area contributed by atoms with Crippen molar-refractivity contribution in [2.75, 3.05) is 26.8 Å². The fraction of sp³-hybridized carbons (Fsp3) is 0.562. The number of ether oxygens (including phenoxy) is 1. The van der Waals surface area contributed by atoms with Gasteiger partial charge < -0.3 is 14.5 Å². The van der Waals surface area contributed by atoms with Crippen molar-refractivity contribution in [3.05, 3.63) is 29.2 Å². The van der Waals surface area contributed by atoms with E-state index in [9.17, 15) is 9.59 Å². The summed E-state index contributed by atoms with van der Waals surface area (Å²) in [5, 5.41) is 6.78. The molecule has 2 amide bonds. The molecule has 26 heavy (non-hydrogen) atoms. The number of nitrogens with zero attached hydrogens (tertiary/aromatic N) is 6. The first kappa shape index (κ1) is 18.5. The van der Waals surface area contributed by atoms with Gasteiger partial charge in [-0.25, -0.2) is 9.97 Å². The van der Waals surface area contributed by atoms with Gasteiger partial charge in [-0.3, -0.25) is 14.3 Å². The number of carbonyl (C=O) groups is 2. The monoisotopic (exact) mass is 378 g/mol. The molecule has 2 aromatic rings. The molecule has 3 rings (SSSR count). The minimum absolute atomic E-state index is 0.00387. The molecule has 1 atom stereocenters. The maximum atomic E-state index is 12.6. The summed E-state index contributed by atoms with van der Waals surface area (Å²) in [5.41, 5.74) is 0. The van der Waals surface area contributed by atoms with Crippen molar-refractivity contribution in [2.45, 2.75) is 32.0 Å². The summed E-state index contributed by atoms with van der Waals surface area (Å²) in [4.78, 5) is 36.6. The van der Waals surface area contributed by atoms with Gasteiger partial charge in [-0.2, -0.15) is 5.10 Å². The maximum Gasteiger partial charge on any atom is 0.224 e. The Balaban J connectivity index is 1.53. The lowest BCUT2D eigenvalue weighted by Crippen LogP contribution is -2.50. The topological polar surface area (TPSA) is 93.5 Å². The highest BCUT2D eigenvalue weighted by atomic mass is 32.1. The van der Waals surface area contributed by atoms with Gasteiger partial charge in [0, 0.05) is 38.0 Å². The summed E-state index contributed by atoms with van der Waals surface area (Å²) in [5.74, 6) is -0.0195. The molecule has 0 N–H and O–H groups in total. The predicted molar refractivity (Wildman–Crippen MR) is 94.2 cm³/mol. The minimum atomic E-state index is -0.238. The molecule has 0 bridgehead atoms. The molecule has 0 saturated carbocycles. The van der Waals surface area contributed by atoms with E-state index in [2.05, 4.69) is 15.1 Å². The summed E-state index contributed by atoms with van der Waals surface area (Å²) in [6, 6.07) is -0.238. The first-order valence-electron chi connectivity index (χ1n) is 8.45. The molecule has 1 fully saturated rings. The SMILES string of the molecule is CN(Cc1nccs1)C(=O)C[C@H]1COCCN1C(=O)CCn1cncn1. The van der Waals surface area contributed by atoms with Crippen LogP contribution in [0.15, 0.2) is 24.2 Å². The Bertz CT molecular complexity index is 706. The van der Waals surface area contributed by atoms with Gasteiger partial charge in [-0.05, 0) is 0 Å². The van der Waals surface area contributed by atoms with E-state index in [1.165, 1.54) is 17.7 Å². The second kappa shape index (κ2) is 8.86. The van der Waals surface area contributed by atoms with E-state index in [-0.39, 0.29) is 24.3 Å². The second-order valence-corrected chi connectivity index (χ2v) is 7.08. The zero-order valence-corrected chi connectivity index (χ0v) is 15.5. The molecule has 0 spiro atoms. The Hall–Kier alpha value is -2.33. The highest BCUT2D eigenvalue weighted by Gasteiger charge is 2.30. The van der Waals surface area contributed by atoms with Crippen LogP contribution in [0.4, 0.5) is 0 Å². The lowest BCUT2D eigenvalue weighted by molar-refractivity contribution is -0.143. The van der Waals surface area contributed by atoms with Crippen LogP contribution in [-0.4, -0.2) is 74.2 Å². The van der Waals surface area contributed by atoms with Crippen molar-refractivity contribution in [1.29, 1.82) is 0 Å². The van der Waals surface area contributed by atoms with Crippen molar-refractivity contribution in [3.8, 4) is 0 Å². The molecule has 2 aromatic heterocycles. The first-order chi connectivity index (χ1) is 12.6. The molecular formula is C16H22N6O3S. The lowest BCUT2D eigenvalue weighted by Gasteiger charge is -2.36. The van der Waals surface area contributed by atoms with Crippen LogP contribution in [0, 0.1) is 0 Å². The highest BCUT2D eigenvalue weighted by Crippen LogP contribution is 2.15. The highest BCUT2D eigenvalue weighted by molar-refractivity contribution is 7.09. The number of morpholine rings is 1. The average molecular weight is 378 g/mol. The van der Waals surface area contributed by atoms with Crippen molar-refractivity contribution in [3.63, 3.8) is 0 Å². The van der Waals surface area contributed by atoms with Crippen LogP contribution in [0.2, 0.25) is 0 Å². The van der Waals surface area contributed by atoms with Crippen LogP contribution in [0.25, 0.3) is 0 Å². The molecule has 9 nitrogen and oxygen atoms in total. The Morgan fingerprint density at radius 1 is 1.46 bits per heavy atom. The summed E-state index contributed by atoms with van der Waals surface area (Å²) in [6.07, 6.45) is 5.32. The third-order valence-electron chi connectivity index (χ3n) is 4.26. The van der Waals surface area contributed by atoms with Crippen molar-refractivity contribution in [2.24, 2.45) is 0 Å². The van der Waals surface area contributed by atoms with Gasteiger partial charge >= 0.3 is 0 Å². The Morgan fingerprint density at radius 2 is 2.35 bits per heavy atom. The first-order valence-corrected chi connectivity index (χ1v) is 9.33. The zero-order chi connectivity index (χ0) is 18.4. The van der Waals surface area contributed by atoms with E-state index in [1.807, 2.05) is 5.38 Å². The fourth-order valence-corrected chi connectivity index (χ4v) is 3.50. The largest absolute Gasteiger partial charge is 0.377 e. The number of hydrogen-bond acceptors (Lipinski definition) is 7. The van der Waals surface area contributed by atoms with Crippen molar-refractivity contribution >= 4 is 23.2 Å². The van der Waals surface area contributed by atoms with Crippen LogP contribution < -0.4 is 0 Å². The van der Waals surface area contributed by atoms with Gasteiger partial charge in [0.1, 0.15) is 17.7 Å². The molecule has 3 heterocycles. The third kappa shape index (κ3) is 4.85. The summed E-state index contributed by atoms with van der Waals surface area (Å²) < 4.78 is 7.12. The molecular weight excluding hydrogens is 356 g/mol. The van der Waals surface area contributed by atoms with E-state index < -0.39 is 0 Å². The predicted octanol–water partition coefficient (Wildman–Crippen LogP) is 0.401. The molecule has 0 aromatic carbocycles. The Morgan fingerprint density at radius 3 is 3.08 bits per heavy atom. The van der Waals surface area contributed by atoms with Crippen LogP contribution >= 0.6 is 11.3 Å². The minimum Gasteiger partial charge on any atom is -0.377 e. The molecule has 1 saturated heterocycles. The van der Waals surface area contributed by atoms with E-state index in [4.69, 9.17) is 4.74 Å². The van der Waals surface area contributed by atoms with Crippen LogP contribution in [0.3, 0.4) is 0 Å². The average Bonchev–Trinajstić information content (AvgIpc) is 3.34. The lowest BCUT2D eigenvalue weighted by atomic mass is 10.1. The fourth-order valence-electron chi connectivity index (χ4n) is 2.83. The number of aromatic nitrogens is 4. The number of thiazole rings is 1. The molecule has 140 valence electrons. The molecule has 1 aliphatic heterocycles. The molecule has 10 heteroatoms. The molecule has 0 radical (unpaired) electrons. The van der Waals surface area contributed by atoms with Crippen molar-refractivity contribution < 1.29 is 14.3 Å². The van der Waals surface area contributed by atoms with Gasteiger partial charge in [0.05, 0.1) is 32.3 Å². The number of rotatable bonds is 7. The Labute approximate surface area is 155 Å². The molecule has 0 aliphatic carbocycles. The molecule has 1 aliphatic rings. The smallest absolute Gasteiger partial charge is 0.224 e. The number of amides is 2. The summed E-state index contributed by atoms with van der Waals surface area (Å²) in [7, 11) is 1.75. The summed E-state index contributed by atoms with van der Waals surface area (Å²) >= 11 is 1.52. The Kier molecular flexibility index (Phi) is 6.29. The summed E-state index contributed by atoms with van der Waals surface area (Å²) in [6.45, 7) is 2.33. The van der Waals surface area contributed by atoms with Crippen molar-refractivity contribution in [1.82, 2.24) is 29.5 Å². The van der Waals surface area contributed by atoms with Crippen LogP contribution in [0.1, 0.15) is 17.8 Å². The van der Waals surface area contributed by atoms with Crippen LogP contribution in [-0.2, 0) is 27.4 Å². The maximum absolute atomic E-state index is 12.6. The van der Waals surface area contributed by atoms with Gasteiger partial charge in [0.15, 0.2) is 0 Å². The number of carbonyl (C=O) groups excluding carboxylic acids is 2. The number of aryl methyl sites for hydroxylation is 1. The van der Waals surface area contributed by atoms with Gasteiger partial charge in [-0.1, -0.05) is 0 Å². The molecule has 0 unspecified atom stereocenters. The van der Waals surface area contributed by atoms with Gasteiger partial charge in [-0.15, -0.1) is 11.3 Å². The van der Waals surface area contributed by atoms with E-state index in [0.717, 1.165) is 5.01 Å². The standard InChI is InChI=1S/C16H22N6O3S/c1-20(9-14-18-3-7-26-14)16(24)8-13-10-25-6-5-22(13)15(23)2-4-21-12-17-11-19-21/h3,7,11-13H,2,4-6,8-10H2,1H3/t13-/m0/s1. The van der Waals surface area contributed by atoms with Crippen LogP contribution in [0.5, 0.6) is 0 Å². The quantitative estimate of drug-likeness (QED) is 0.692. The van der Waals surface area contributed by atoms with E-state index in [0.29, 0.717) is 39.3 Å². The van der Waals surface area contributed by atoms with E-state index in [1.54, 1.807) is 34.1 Å². The number of hydrogen-bond donors (Lipinski definition) is 0. The van der Waals surface area contributed by atoms with E-state index >= 15 is 0 Å². The normalized spacial score (nSPS) is 17.3. The zero-order valence-electron chi connectivity index (χ0n) is 14.7. The third-order valence-corrected chi connectivity index (χ3v) is 5.03.